The van der Waals surface area contributed by atoms with Crippen molar-refractivity contribution in [3.8, 4) is 16.3 Å². The summed E-state index contributed by atoms with van der Waals surface area (Å²) in [7, 11) is 0. The van der Waals surface area contributed by atoms with Gasteiger partial charge in [0.15, 0.2) is 0 Å². The Bertz CT molecular complexity index is 714. The number of carbonyl (C=O) groups is 1. The Labute approximate surface area is 154 Å². The molecule has 1 heterocycles. The molecule has 142 valence electrons. The fourth-order valence-electron chi connectivity index (χ4n) is 2.37. The van der Waals surface area contributed by atoms with Crippen LogP contribution in [0.2, 0.25) is 0 Å². The maximum Gasteiger partial charge on any atom is 0.390 e. The Morgan fingerprint density at radius 2 is 1.92 bits per heavy atom. The minimum Gasteiger partial charge on any atom is -0.494 e. The summed E-state index contributed by atoms with van der Waals surface area (Å²) in [5.41, 5.74) is 1.47. The lowest BCUT2D eigenvalue weighted by molar-refractivity contribution is -0.144. The van der Waals surface area contributed by atoms with Gasteiger partial charge in [0.05, 0.1) is 25.1 Å². The van der Waals surface area contributed by atoms with E-state index >= 15 is 0 Å². The lowest BCUT2D eigenvalue weighted by Crippen LogP contribution is -2.35. The zero-order valence-electron chi connectivity index (χ0n) is 14.7. The molecule has 0 unspecified atom stereocenters. The third kappa shape index (κ3) is 6.01. The van der Waals surface area contributed by atoms with E-state index in [1.807, 2.05) is 31.2 Å². The van der Waals surface area contributed by atoms with E-state index in [1.165, 1.54) is 16.2 Å². The van der Waals surface area contributed by atoms with Gasteiger partial charge in [-0.2, -0.15) is 13.2 Å². The molecule has 0 spiro atoms. The number of thiazole rings is 1. The first-order valence-corrected chi connectivity index (χ1v) is 9.22. The third-order valence-electron chi connectivity index (χ3n) is 3.70. The van der Waals surface area contributed by atoms with E-state index in [0.29, 0.717) is 12.3 Å². The Hall–Kier alpha value is -2.09. The van der Waals surface area contributed by atoms with Gasteiger partial charge in [-0.25, -0.2) is 4.98 Å². The summed E-state index contributed by atoms with van der Waals surface area (Å²) in [6.07, 6.45) is -5.27. The molecule has 4 nitrogen and oxygen atoms in total. The molecule has 0 saturated heterocycles. The Morgan fingerprint density at radius 3 is 2.50 bits per heavy atom. The molecule has 2 rings (SSSR count). The third-order valence-corrected chi connectivity index (χ3v) is 4.64. The highest BCUT2D eigenvalue weighted by Crippen LogP contribution is 2.26. The van der Waals surface area contributed by atoms with Crippen molar-refractivity contribution in [2.45, 2.75) is 32.9 Å². The minimum atomic E-state index is -4.27. The highest BCUT2D eigenvalue weighted by molar-refractivity contribution is 7.13. The molecule has 0 fully saturated rings. The molecule has 0 N–H and O–H groups in total. The van der Waals surface area contributed by atoms with Crippen molar-refractivity contribution < 1.29 is 22.7 Å². The highest BCUT2D eigenvalue weighted by Gasteiger charge is 2.28. The summed E-state index contributed by atoms with van der Waals surface area (Å²) in [4.78, 5) is 17.9. The van der Waals surface area contributed by atoms with Crippen LogP contribution in [0.5, 0.6) is 5.75 Å². The zero-order valence-corrected chi connectivity index (χ0v) is 15.5. The number of rotatable bonds is 8. The first kappa shape index (κ1) is 20.2. The number of benzene rings is 1. The number of likely N-dealkylation sites (N-methyl/N-ethyl adjacent to an activating group) is 1. The van der Waals surface area contributed by atoms with E-state index in [-0.39, 0.29) is 25.4 Å². The van der Waals surface area contributed by atoms with E-state index in [1.54, 1.807) is 12.3 Å². The second-order valence-electron chi connectivity index (χ2n) is 5.62. The van der Waals surface area contributed by atoms with Gasteiger partial charge < -0.3 is 9.64 Å². The molecule has 1 aromatic carbocycles. The molecule has 1 aromatic heterocycles. The van der Waals surface area contributed by atoms with Gasteiger partial charge in [0.2, 0.25) is 5.91 Å². The van der Waals surface area contributed by atoms with E-state index in [0.717, 1.165) is 16.3 Å². The molecule has 0 radical (unpaired) electrons. The summed E-state index contributed by atoms with van der Waals surface area (Å²) >= 11 is 1.40. The van der Waals surface area contributed by atoms with Crippen LogP contribution in [-0.2, 0) is 11.2 Å². The van der Waals surface area contributed by atoms with Crippen LogP contribution < -0.4 is 4.74 Å². The van der Waals surface area contributed by atoms with Gasteiger partial charge in [-0.1, -0.05) is 0 Å². The summed E-state index contributed by atoms with van der Waals surface area (Å²) < 4.78 is 42.5. The number of nitrogens with zero attached hydrogens (tertiary/aromatic N) is 2. The van der Waals surface area contributed by atoms with Crippen molar-refractivity contribution in [1.29, 1.82) is 0 Å². The molecule has 2 aromatic rings. The van der Waals surface area contributed by atoms with Crippen LogP contribution in [0, 0.1) is 0 Å². The molecule has 0 aliphatic carbocycles. The van der Waals surface area contributed by atoms with Crippen molar-refractivity contribution in [2.24, 2.45) is 0 Å². The SMILES string of the molecule is CCOc1ccc(-c2nc(CC(=O)N(CC)CCC(F)(F)F)cs2)cc1. The van der Waals surface area contributed by atoms with Crippen LogP contribution >= 0.6 is 11.3 Å². The molecule has 0 aliphatic heterocycles. The Kier molecular flexibility index (Phi) is 7.02. The molecule has 0 atom stereocenters. The summed E-state index contributed by atoms with van der Waals surface area (Å²) in [6, 6.07) is 7.47. The van der Waals surface area contributed by atoms with Crippen LogP contribution in [0.4, 0.5) is 13.2 Å². The monoisotopic (exact) mass is 386 g/mol. The van der Waals surface area contributed by atoms with Crippen LogP contribution in [-0.4, -0.2) is 41.7 Å². The summed E-state index contributed by atoms with van der Waals surface area (Å²) in [6.45, 7) is 4.08. The van der Waals surface area contributed by atoms with Crippen molar-refractivity contribution in [2.75, 3.05) is 19.7 Å². The summed E-state index contributed by atoms with van der Waals surface area (Å²) in [5, 5.41) is 2.52. The molecule has 26 heavy (non-hydrogen) atoms. The number of hydrogen-bond donors (Lipinski definition) is 0. The number of hydrogen-bond acceptors (Lipinski definition) is 4. The highest BCUT2D eigenvalue weighted by atomic mass is 32.1. The van der Waals surface area contributed by atoms with Gasteiger partial charge >= 0.3 is 6.18 Å². The topological polar surface area (TPSA) is 42.4 Å². The molecule has 8 heteroatoms. The van der Waals surface area contributed by atoms with Gasteiger partial charge in [0, 0.05) is 24.0 Å². The van der Waals surface area contributed by atoms with Gasteiger partial charge in [-0.3, -0.25) is 4.79 Å². The van der Waals surface area contributed by atoms with Crippen LogP contribution in [0.25, 0.3) is 10.6 Å². The zero-order chi connectivity index (χ0) is 19.2. The minimum absolute atomic E-state index is 0.000767. The first-order valence-electron chi connectivity index (χ1n) is 8.34. The Morgan fingerprint density at radius 1 is 1.23 bits per heavy atom. The lowest BCUT2D eigenvalue weighted by atomic mass is 10.2. The molecular weight excluding hydrogens is 365 g/mol. The van der Waals surface area contributed by atoms with Gasteiger partial charge in [-0.15, -0.1) is 11.3 Å². The van der Waals surface area contributed by atoms with Crippen molar-refractivity contribution in [3.63, 3.8) is 0 Å². The van der Waals surface area contributed by atoms with Gasteiger partial charge in [-0.05, 0) is 38.1 Å². The van der Waals surface area contributed by atoms with E-state index in [2.05, 4.69) is 4.98 Å². The maximum atomic E-state index is 12.4. The second kappa shape index (κ2) is 9.02. The predicted molar refractivity (Wildman–Crippen MR) is 95.3 cm³/mol. The lowest BCUT2D eigenvalue weighted by Gasteiger charge is -2.21. The number of halogens is 3. The molecule has 0 aliphatic rings. The maximum absolute atomic E-state index is 12.4. The molecule has 0 bridgehead atoms. The fraction of sp³-hybridized carbons (Fsp3) is 0.444. The number of amides is 1. The van der Waals surface area contributed by atoms with Gasteiger partial charge in [0.1, 0.15) is 10.8 Å². The normalized spacial score (nSPS) is 11.4. The van der Waals surface area contributed by atoms with Crippen LogP contribution in [0.3, 0.4) is 0 Å². The summed E-state index contributed by atoms with van der Waals surface area (Å²) in [5.74, 6) is 0.423. The number of ether oxygens (including phenoxy) is 1. The van der Waals surface area contributed by atoms with Crippen molar-refractivity contribution in [1.82, 2.24) is 9.88 Å². The van der Waals surface area contributed by atoms with Crippen molar-refractivity contribution >= 4 is 17.2 Å². The first-order chi connectivity index (χ1) is 12.3. The average Bonchev–Trinajstić information content (AvgIpc) is 3.04. The fourth-order valence-corrected chi connectivity index (χ4v) is 3.19. The Balaban J connectivity index is 1.99. The largest absolute Gasteiger partial charge is 0.494 e. The van der Waals surface area contributed by atoms with Gasteiger partial charge in [0.25, 0.3) is 0 Å². The molecule has 1 amide bonds. The van der Waals surface area contributed by atoms with E-state index < -0.39 is 12.6 Å². The second-order valence-corrected chi connectivity index (χ2v) is 6.47. The quantitative estimate of drug-likeness (QED) is 0.668. The molecular formula is C18H21F3N2O2S. The van der Waals surface area contributed by atoms with Crippen molar-refractivity contribution in [3.05, 3.63) is 35.3 Å². The van der Waals surface area contributed by atoms with E-state index in [4.69, 9.17) is 4.74 Å². The number of carbonyl (C=O) groups excluding carboxylic acids is 1. The smallest absolute Gasteiger partial charge is 0.390 e. The van der Waals surface area contributed by atoms with Crippen LogP contribution in [0.1, 0.15) is 26.0 Å². The standard InChI is InChI=1S/C18H21F3N2O2S/c1-3-23(10-9-18(19,20)21)16(24)11-14-12-26-17(22-14)13-5-7-15(8-6-13)25-4-2/h5-8,12H,3-4,9-11H2,1-2H3. The predicted octanol–water partition coefficient (Wildman–Crippen LogP) is 4.55. The van der Waals surface area contributed by atoms with Crippen LogP contribution in [0.15, 0.2) is 29.6 Å². The number of aromatic nitrogens is 1. The molecule has 0 saturated carbocycles. The van der Waals surface area contributed by atoms with E-state index in [9.17, 15) is 18.0 Å². The number of alkyl halides is 3. The average molecular weight is 386 g/mol.